The van der Waals surface area contributed by atoms with E-state index in [1.165, 1.54) is 6.33 Å². The largest absolute Gasteiger partial charge is 0.497 e. The van der Waals surface area contributed by atoms with E-state index >= 15 is 0 Å². The predicted octanol–water partition coefficient (Wildman–Crippen LogP) is 9.50. The molecule has 14 nitrogen and oxygen atoms in total. The third-order valence-corrected chi connectivity index (χ3v) is 18.3. The van der Waals surface area contributed by atoms with Gasteiger partial charge in [0.2, 0.25) is 0 Å². The molecule has 0 bridgehead atoms. The van der Waals surface area contributed by atoms with Gasteiger partial charge in [0.1, 0.15) is 41.7 Å². The number of fused-ring (bicyclic) bond motifs is 1. The predicted molar refractivity (Wildman–Crippen MR) is 242 cm³/mol. The van der Waals surface area contributed by atoms with E-state index < -0.39 is 47.0 Å². The normalized spacial score (nSPS) is 19.1. The molecule has 5 atom stereocenters. The van der Waals surface area contributed by atoms with E-state index in [2.05, 4.69) is 105 Å². The van der Waals surface area contributed by atoms with E-state index in [1.807, 2.05) is 73.7 Å². The van der Waals surface area contributed by atoms with Crippen LogP contribution in [0.4, 0.5) is 0 Å². The molecule has 62 heavy (non-hydrogen) atoms. The first-order valence-electron chi connectivity index (χ1n) is 21.2. The average molecular weight is 884 g/mol. The molecule has 0 spiro atoms. The molecule has 0 saturated carbocycles. The highest BCUT2D eigenvalue weighted by Gasteiger charge is 2.55. The van der Waals surface area contributed by atoms with Crippen molar-refractivity contribution in [2.24, 2.45) is 0 Å². The Morgan fingerprint density at radius 2 is 1.44 bits per heavy atom. The van der Waals surface area contributed by atoms with Gasteiger partial charge in [-0.3, -0.25) is 0 Å². The quantitative estimate of drug-likeness (QED) is 0.0336. The Kier molecular flexibility index (Phi) is 15.2. The van der Waals surface area contributed by atoms with Crippen LogP contribution in [0.3, 0.4) is 0 Å². The Balaban J connectivity index is 1.55. The van der Waals surface area contributed by atoms with Crippen LogP contribution in [0.2, 0.25) is 18.1 Å². The minimum absolute atomic E-state index is 0.0385. The Hall–Kier alpha value is -4.36. The van der Waals surface area contributed by atoms with Crippen molar-refractivity contribution in [3.63, 3.8) is 0 Å². The maximum atomic E-state index is 9.57. The van der Waals surface area contributed by atoms with E-state index in [0.717, 1.165) is 28.2 Å². The van der Waals surface area contributed by atoms with Crippen molar-refractivity contribution in [1.82, 2.24) is 29.6 Å². The van der Waals surface area contributed by atoms with Gasteiger partial charge in [-0.05, 0) is 93.7 Å². The number of ether oxygens (including phenoxy) is 4. The number of hydrogen-bond donors (Lipinski definition) is 0. The van der Waals surface area contributed by atoms with Gasteiger partial charge in [-0.2, -0.15) is 9.94 Å². The zero-order valence-corrected chi connectivity index (χ0v) is 40.0. The number of rotatable bonds is 19. The van der Waals surface area contributed by atoms with Crippen molar-refractivity contribution >= 4 is 28.0 Å². The van der Waals surface area contributed by atoms with Gasteiger partial charge in [0.05, 0.1) is 45.6 Å². The fourth-order valence-corrected chi connectivity index (χ4v) is 10.6. The van der Waals surface area contributed by atoms with E-state index in [9.17, 15) is 5.26 Å². The van der Waals surface area contributed by atoms with Gasteiger partial charge in [-0.25, -0.2) is 14.6 Å². The summed E-state index contributed by atoms with van der Waals surface area (Å²) >= 11 is 0. The van der Waals surface area contributed by atoms with Gasteiger partial charge in [0, 0.05) is 12.1 Å². The second-order valence-electron chi connectivity index (χ2n) is 17.5. The molecule has 0 N–H and O–H groups in total. The number of hydrogen-bond acceptors (Lipinski definition) is 13. The summed E-state index contributed by atoms with van der Waals surface area (Å²) in [5.74, 6) is 1.44. The Labute approximate surface area is 368 Å². The second kappa shape index (κ2) is 20.0. The van der Waals surface area contributed by atoms with Crippen LogP contribution in [0.15, 0.2) is 85.2 Å². The van der Waals surface area contributed by atoms with Gasteiger partial charge >= 0.3 is 0 Å². The lowest BCUT2D eigenvalue weighted by atomic mass is 9.80. The van der Waals surface area contributed by atoms with Crippen molar-refractivity contribution in [1.29, 1.82) is 5.26 Å². The Bertz CT molecular complexity index is 2190. The molecule has 1 saturated heterocycles. The molecule has 1 fully saturated rings. The second-order valence-corrected chi connectivity index (χ2v) is 23.7. The molecule has 5 aromatic rings. The summed E-state index contributed by atoms with van der Waals surface area (Å²) in [6.45, 7) is 21.6. The zero-order valence-electron chi connectivity index (χ0n) is 38.1. The Morgan fingerprint density at radius 3 is 1.97 bits per heavy atom. The molecular weight excluding hydrogens is 822 g/mol. The number of methoxy groups -OCH3 is 2. The van der Waals surface area contributed by atoms with E-state index in [1.54, 1.807) is 18.9 Å². The van der Waals surface area contributed by atoms with E-state index in [4.69, 9.17) is 32.4 Å². The van der Waals surface area contributed by atoms with Crippen LogP contribution >= 0.6 is 8.53 Å². The fourth-order valence-electron chi connectivity index (χ4n) is 7.53. The van der Waals surface area contributed by atoms with E-state index in [0.29, 0.717) is 16.9 Å². The first-order valence-corrected chi connectivity index (χ1v) is 25.2. The summed E-state index contributed by atoms with van der Waals surface area (Å²) in [7, 11) is -1.03. The maximum Gasteiger partial charge on any atom is 0.259 e. The van der Waals surface area contributed by atoms with Crippen molar-refractivity contribution in [3.05, 3.63) is 108 Å². The summed E-state index contributed by atoms with van der Waals surface area (Å²) in [4.78, 5) is 9.03. The van der Waals surface area contributed by atoms with Gasteiger partial charge in [-0.1, -0.05) is 80.6 Å². The van der Waals surface area contributed by atoms with Gasteiger partial charge in [0.25, 0.3) is 8.53 Å². The minimum Gasteiger partial charge on any atom is -0.497 e. The molecule has 3 heterocycles. The molecule has 16 heteroatoms. The van der Waals surface area contributed by atoms with Crippen LogP contribution in [-0.2, 0) is 28.5 Å². The number of nitrogens with zero attached hydrogens (tertiary/aromatic N) is 7. The SMILES string of the molecule is COc1ccc(C(OC[C@H]2O[C@@H](n3nnc4c(C)ncnc43)[C@H](O[Si](C)(C)C(C)(C)C)[C@@H]2OP(OCCC#N)N(C(C)C)C(C)C)(c2ccccc2)c2ccc(OC)cc2)cc1. The van der Waals surface area contributed by atoms with E-state index in [-0.39, 0.29) is 36.8 Å². The topological polar surface area (TPSA) is 148 Å². The summed E-state index contributed by atoms with van der Waals surface area (Å²) in [6, 6.07) is 28.3. The van der Waals surface area contributed by atoms with Gasteiger partial charge in [0.15, 0.2) is 25.7 Å². The van der Waals surface area contributed by atoms with Crippen molar-refractivity contribution in [2.75, 3.05) is 27.4 Å². The molecule has 1 aliphatic rings. The van der Waals surface area contributed by atoms with Crippen LogP contribution in [0.5, 0.6) is 11.5 Å². The van der Waals surface area contributed by atoms with Crippen LogP contribution < -0.4 is 9.47 Å². The molecule has 1 unspecified atom stereocenters. The monoisotopic (exact) mass is 883 g/mol. The molecule has 2 aromatic heterocycles. The van der Waals surface area contributed by atoms with Crippen LogP contribution in [-0.4, -0.2) is 95.8 Å². The van der Waals surface area contributed by atoms with Crippen LogP contribution in [0.25, 0.3) is 11.2 Å². The lowest BCUT2D eigenvalue weighted by Gasteiger charge is -2.42. The van der Waals surface area contributed by atoms with Crippen LogP contribution in [0, 0.1) is 18.3 Å². The van der Waals surface area contributed by atoms with Crippen molar-refractivity contribution in [2.45, 2.75) is 122 Å². The summed E-state index contributed by atoms with van der Waals surface area (Å²) in [5, 5.41) is 18.6. The summed E-state index contributed by atoms with van der Waals surface area (Å²) in [6.07, 6.45) is -1.35. The summed E-state index contributed by atoms with van der Waals surface area (Å²) in [5.41, 5.74) is 3.27. The standard InChI is InChI=1S/C46H62N7O7PSi/c1-31(2)53(32(3)4)61(57-28-16-27-47)59-41-39(58-44(42(41)60-62(11,12)45(6,7)8)52-43-40(50-51-52)33(5)48-30-49-43)29-56-46(34-17-14-13-15-18-34,35-19-23-37(54-9)24-20-35)36-21-25-38(55-10)26-22-36/h13-15,17-26,30-32,39,41-42,44H,16,28-29H2,1-12H3/t39-,41-,42-,44-,61?/m1/s1. The maximum absolute atomic E-state index is 9.57. The molecule has 0 aliphatic carbocycles. The molecular formula is C46H62N7O7PSi. The zero-order chi connectivity index (χ0) is 44.8. The molecule has 6 rings (SSSR count). The number of benzene rings is 3. The lowest BCUT2D eigenvalue weighted by Crippen LogP contribution is -2.50. The molecule has 0 amide bonds. The number of aryl methyl sites for hydroxylation is 1. The number of aromatic nitrogens is 5. The highest BCUT2D eigenvalue weighted by molar-refractivity contribution is 7.44. The molecule has 332 valence electrons. The number of nitriles is 1. The third-order valence-electron chi connectivity index (χ3n) is 11.7. The highest BCUT2D eigenvalue weighted by Crippen LogP contribution is 2.52. The Morgan fingerprint density at radius 1 is 0.855 bits per heavy atom. The molecule has 0 radical (unpaired) electrons. The fraction of sp³-hybridized carbons (Fsp3) is 0.500. The van der Waals surface area contributed by atoms with Crippen LogP contribution in [0.1, 0.15) is 83.5 Å². The third kappa shape index (κ3) is 9.88. The van der Waals surface area contributed by atoms with Crippen molar-refractivity contribution in [3.8, 4) is 17.6 Å². The minimum atomic E-state index is -2.57. The first-order chi connectivity index (χ1) is 29.6. The first kappa shape index (κ1) is 47.1. The molecule has 1 aliphatic heterocycles. The average Bonchev–Trinajstić information content (AvgIpc) is 3.82. The lowest BCUT2D eigenvalue weighted by molar-refractivity contribution is -0.0954. The van der Waals surface area contributed by atoms with Gasteiger partial charge in [-0.15, -0.1) is 5.10 Å². The summed E-state index contributed by atoms with van der Waals surface area (Å²) < 4.78 is 51.2. The van der Waals surface area contributed by atoms with Crippen molar-refractivity contribution < 1.29 is 32.4 Å². The molecule has 3 aromatic carbocycles. The smallest absolute Gasteiger partial charge is 0.259 e. The highest BCUT2D eigenvalue weighted by atomic mass is 31.2. The van der Waals surface area contributed by atoms with Gasteiger partial charge < -0.3 is 32.4 Å².